The first kappa shape index (κ1) is 12.8. The highest BCUT2D eigenvalue weighted by molar-refractivity contribution is 5.92. The van der Waals surface area contributed by atoms with E-state index in [4.69, 9.17) is 9.52 Å². The number of rotatable bonds is 5. The average molecular weight is 264 g/mol. The van der Waals surface area contributed by atoms with Crippen LogP contribution in [0.4, 0.5) is 0 Å². The lowest BCUT2D eigenvalue weighted by atomic mass is 10.3. The first-order valence-electron chi connectivity index (χ1n) is 5.51. The third-order valence-corrected chi connectivity index (χ3v) is 2.46. The zero-order valence-corrected chi connectivity index (χ0v) is 10.2. The summed E-state index contributed by atoms with van der Waals surface area (Å²) in [5.74, 6) is -1.26. The third kappa shape index (κ3) is 2.97. The lowest BCUT2D eigenvalue weighted by Crippen LogP contribution is -2.27. The molecule has 0 aromatic carbocycles. The molecule has 0 atom stereocenters. The molecule has 0 aliphatic rings. The van der Waals surface area contributed by atoms with Crippen molar-refractivity contribution in [2.24, 2.45) is 0 Å². The van der Waals surface area contributed by atoms with Crippen LogP contribution in [0.15, 0.2) is 23.3 Å². The molecule has 0 saturated carbocycles. The third-order valence-electron chi connectivity index (χ3n) is 2.46. The molecule has 0 aliphatic carbocycles. The van der Waals surface area contributed by atoms with E-state index in [2.05, 4.69) is 15.3 Å². The Hall–Kier alpha value is -2.64. The number of carbonyl (C=O) groups excluding carboxylic acids is 1. The number of aryl methyl sites for hydroxylation is 1. The summed E-state index contributed by atoms with van der Waals surface area (Å²) in [5, 5.41) is 11.3. The van der Waals surface area contributed by atoms with Gasteiger partial charge in [0.05, 0.1) is 12.0 Å². The SMILES string of the molecule is Cc1ncoc1C(=O)NCCn1cnc(C(=O)O)c1. The molecule has 0 saturated heterocycles. The second kappa shape index (κ2) is 5.34. The van der Waals surface area contributed by atoms with Crippen molar-refractivity contribution in [3.8, 4) is 0 Å². The fraction of sp³-hybridized carbons (Fsp3) is 0.273. The van der Waals surface area contributed by atoms with Gasteiger partial charge in [-0.05, 0) is 6.92 Å². The second-order valence-corrected chi connectivity index (χ2v) is 3.82. The quantitative estimate of drug-likeness (QED) is 0.804. The van der Waals surface area contributed by atoms with E-state index in [0.717, 1.165) is 0 Å². The molecule has 2 rings (SSSR count). The molecule has 2 heterocycles. The number of nitrogens with one attached hydrogen (secondary N) is 1. The van der Waals surface area contributed by atoms with Crippen LogP contribution in [0.25, 0.3) is 0 Å². The zero-order valence-electron chi connectivity index (χ0n) is 10.2. The molecule has 0 radical (unpaired) electrons. The minimum Gasteiger partial charge on any atom is -0.476 e. The predicted octanol–water partition coefficient (Wildman–Crippen LogP) is 0.308. The number of amides is 1. The van der Waals surface area contributed by atoms with Crippen molar-refractivity contribution in [1.82, 2.24) is 19.9 Å². The van der Waals surface area contributed by atoms with Gasteiger partial charge in [0.25, 0.3) is 5.91 Å². The summed E-state index contributed by atoms with van der Waals surface area (Å²) in [4.78, 5) is 29.8. The highest BCUT2D eigenvalue weighted by Gasteiger charge is 2.13. The molecular weight excluding hydrogens is 252 g/mol. The maximum Gasteiger partial charge on any atom is 0.356 e. The molecule has 2 aromatic heterocycles. The van der Waals surface area contributed by atoms with Gasteiger partial charge in [-0.25, -0.2) is 14.8 Å². The number of carboxylic acids is 1. The van der Waals surface area contributed by atoms with Crippen molar-refractivity contribution in [2.75, 3.05) is 6.54 Å². The molecule has 0 bridgehead atoms. The lowest BCUT2D eigenvalue weighted by Gasteiger charge is -2.03. The van der Waals surface area contributed by atoms with E-state index >= 15 is 0 Å². The highest BCUT2D eigenvalue weighted by Crippen LogP contribution is 2.04. The molecule has 0 aliphatic heterocycles. The van der Waals surface area contributed by atoms with Crippen molar-refractivity contribution in [3.05, 3.63) is 36.1 Å². The zero-order chi connectivity index (χ0) is 13.8. The van der Waals surface area contributed by atoms with Gasteiger partial charge in [-0.15, -0.1) is 0 Å². The maximum atomic E-state index is 11.7. The molecule has 0 fully saturated rings. The molecule has 100 valence electrons. The van der Waals surface area contributed by atoms with Gasteiger partial charge < -0.3 is 19.4 Å². The molecule has 1 amide bonds. The van der Waals surface area contributed by atoms with Gasteiger partial charge in [-0.3, -0.25) is 4.79 Å². The Kier molecular flexibility index (Phi) is 3.60. The monoisotopic (exact) mass is 264 g/mol. The van der Waals surface area contributed by atoms with E-state index in [-0.39, 0.29) is 17.4 Å². The minimum atomic E-state index is -1.08. The number of oxazole rings is 1. The summed E-state index contributed by atoms with van der Waals surface area (Å²) < 4.78 is 6.52. The van der Waals surface area contributed by atoms with Crippen LogP contribution in [0.1, 0.15) is 26.7 Å². The molecule has 0 unspecified atom stereocenters. The van der Waals surface area contributed by atoms with E-state index in [1.54, 1.807) is 11.5 Å². The molecule has 2 aromatic rings. The van der Waals surface area contributed by atoms with Crippen molar-refractivity contribution < 1.29 is 19.1 Å². The van der Waals surface area contributed by atoms with Gasteiger partial charge in [-0.1, -0.05) is 0 Å². The van der Waals surface area contributed by atoms with Crippen LogP contribution < -0.4 is 5.32 Å². The highest BCUT2D eigenvalue weighted by atomic mass is 16.4. The molecule has 8 heteroatoms. The van der Waals surface area contributed by atoms with Crippen LogP contribution in [0, 0.1) is 6.92 Å². The van der Waals surface area contributed by atoms with E-state index in [1.165, 1.54) is 18.9 Å². The van der Waals surface area contributed by atoms with Gasteiger partial charge in [0, 0.05) is 19.3 Å². The standard InChI is InChI=1S/C11H12N4O4/c1-7-9(19-6-14-7)10(16)12-2-3-15-4-8(11(17)18)13-5-15/h4-6H,2-3H2,1H3,(H,12,16)(H,17,18). The van der Waals surface area contributed by atoms with Gasteiger partial charge in [-0.2, -0.15) is 0 Å². The second-order valence-electron chi connectivity index (χ2n) is 3.82. The average Bonchev–Trinajstić information content (AvgIpc) is 2.97. The summed E-state index contributed by atoms with van der Waals surface area (Å²) in [6.45, 7) is 2.42. The van der Waals surface area contributed by atoms with Crippen LogP contribution >= 0.6 is 0 Å². The van der Waals surface area contributed by atoms with Crippen molar-refractivity contribution in [2.45, 2.75) is 13.5 Å². The predicted molar refractivity (Wildman–Crippen MR) is 62.8 cm³/mol. The van der Waals surface area contributed by atoms with Crippen molar-refractivity contribution in [1.29, 1.82) is 0 Å². The summed E-state index contributed by atoms with van der Waals surface area (Å²) in [5.41, 5.74) is 0.491. The Balaban J connectivity index is 1.85. The number of aromatic nitrogens is 3. The smallest absolute Gasteiger partial charge is 0.356 e. The number of carboxylic acid groups (broad SMARTS) is 1. The normalized spacial score (nSPS) is 10.4. The van der Waals surface area contributed by atoms with Crippen molar-refractivity contribution >= 4 is 11.9 Å². The van der Waals surface area contributed by atoms with Crippen LogP contribution in [0.3, 0.4) is 0 Å². The van der Waals surface area contributed by atoms with E-state index in [1.807, 2.05) is 0 Å². The number of aromatic carboxylic acids is 1. The fourth-order valence-electron chi connectivity index (χ4n) is 1.49. The van der Waals surface area contributed by atoms with Crippen LogP contribution in [0.2, 0.25) is 0 Å². The number of nitrogens with zero attached hydrogens (tertiary/aromatic N) is 3. The largest absolute Gasteiger partial charge is 0.476 e. The van der Waals surface area contributed by atoms with E-state index in [9.17, 15) is 9.59 Å². The molecule has 19 heavy (non-hydrogen) atoms. The van der Waals surface area contributed by atoms with Crippen LogP contribution in [0.5, 0.6) is 0 Å². The van der Waals surface area contributed by atoms with Crippen LogP contribution in [-0.4, -0.2) is 38.1 Å². The fourth-order valence-corrected chi connectivity index (χ4v) is 1.49. The molecular formula is C11H12N4O4. The van der Waals surface area contributed by atoms with Gasteiger partial charge >= 0.3 is 5.97 Å². The Labute approximate surface area is 108 Å². The van der Waals surface area contributed by atoms with Crippen LogP contribution in [-0.2, 0) is 6.54 Å². The number of hydrogen-bond donors (Lipinski definition) is 2. The molecule has 2 N–H and O–H groups in total. The van der Waals surface area contributed by atoms with E-state index in [0.29, 0.717) is 18.8 Å². The topological polar surface area (TPSA) is 110 Å². The Morgan fingerprint density at radius 1 is 1.47 bits per heavy atom. The number of imidazole rings is 1. The Bertz CT molecular complexity index is 601. The first-order valence-corrected chi connectivity index (χ1v) is 5.51. The van der Waals surface area contributed by atoms with Gasteiger partial charge in [0.15, 0.2) is 12.1 Å². The Morgan fingerprint density at radius 3 is 2.84 bits per heavy atom. The van der Waals surface area contributed by atoms with Gasteiger partial charge in [0.1, 0.15) is 0 Å². The molecule has 8 nitrogen and oxygen atoms in total. The first-order chi connectivity index (χ1) is 9.08. The number of carbonyl (C=O) groups is 2. The summed E-state index contributed by atoms with van der Waals surface area (Å²) in [6, 6.07) is 0. The summed E-state index contributed by atoms with van der Waals surface area (Å²) in [6.07, 6.45) is 4.00. The van der Waals surface area contributed by atoms with Gasteiger partial charge in [0.2, 0.25) is 5.76 Å². The Morgan fingerprint density at radius 2 is 2.26 bits per heavy atom. The summed E-state index contributed by atoms with van der Waals surface area (Å²) in [7, 11) is 0. The van der Waals surface area contributed by atoms with E-state index < -0.39 is 5.97 Å². The number of hydrogen-bond acceptors (Lipinski definition) is 5. The lowest BCUT2D eigenvalue weighted by molar-refractivity contribution is 0.0690. The van der Waals surface area contributed by atoms with Crippen molar-refractivity contribution in [3.63, 3.8) is 0 Å². The summed E-state index contributed by atoms with van der Waals surface area (Å²) >= 11 is 0. The maximum absolute atomic E-state index is 11.7. The minimum absolute atomic E-state index is 0.0302. The molecule has 0 spiro atoms.